The number of halogens is 2. The summed E-state index contributed by atoms with van der Waals surface area (Å²) in [5, 5.41) is 28.8. The van der Waals surface area contributed by atoms with Crippen molar-refractivity contribution in [1.82, 2.24) is 40.7 Å². The highest BCUT2D eigenvalue weighted by Gasteiger charge is 2.21. The van der Waals surface area contributed by atoms with Crippen molar-refractivity contribution >= 4 is 58.3 Å². The van der Waals surface area contributed by atoms with Crippen molar-refractivity contribution < 1.29 is 14.3 Å². The Hall–Kier alpha value is -4.72. The van der Waals surface area contributed by atoms with E-state index in [1.807, 2.05) is 12.3 Å². The number of hydrogen-bond acceptors (Lipinski definition) is 10. The van der Waals surface area contributed by atoms with Gasteiger partial charge >= 0.3 is 6.09 Å². The quantitative estimate of drug-likeness (QED) is 0.201. The molecule has 218 valence electrons. The summed E-state index contributed by atoms with van der Waals surface area (Å²) in [4.78, 5) is 29.3. The summed E-state index contributed by atoms with van der Waals surface area (Å²) in [6.45, 7) is 1.91. The van der Waals surface area contributed by atoms with Gasteiger partial charge in [-0.1, -0.05) is 35.3 Å². The maximum atomic E-state index is 13.2. The molecule has 0 fully saturated rings. The summed E-state index contributed by atoms with van der Waals surface area (Å²) in [5.41, 5.74) is 4.55. The van der Waals surface area contributed by atoms with Crippen LogP contribution in [0.25, 0.3) is 22.9 Å². The normalized spacial score (nSPS) is 11.8. The molecule has 0 unspecified atom stereocenters. The molecule has 0 aliphatic rings. The third-order valence-corrected chi connectivity index (χ3v) is 7.62. The number of methoxy groups -OCH3 is 1. The molecule has 2 amide bonds. The van der Waals surface area contributed by atoms with Crippen LogP contribution in [0.2, 0.25) is 10.2 Å². The Morgan fingerprint density at radius 1 is 1.12 bits per heavy atom. The predicted octanol–water partition coefficient (Wildman–Crippen LogP) is 5.48. The Bertz CT molecular complexity index is 1780. The van der Waals surface area contributed by atoms with Crippen molar-refractivity contribution in [3.8, 4) is 16.8 Å². The molecule has 3 heterocycles. The molecular formula is C28H23Cl2N9O3S. The van der Waals surface area contributed by atoms with Crippen molar-refractivity contribution in [2.24, 2.45) is 0 Å². The van der Waals surface area contributed by atoms with Crippen molar-refractivity contribution in [2.45, 2.75) is 19.4 Å². The SMILES string of the molecule is COC(=O)Nc1ccc(-c2cc([C@H](Cc3nc(C)cs3)NC(=O)/C=C/c3cc(Cl)ccc3-n3cnnn3)nnc2Cl)cc1. The number of hydrogen-bond donors (Lipinski definition) is 2. The van der Waals surface area contributed by atoms with Crippen LogP contribution in [0, 0.1) is 6.92 Å². The van der Waals surface area contributed by atoms with E-state index in [4.69, 9.17) is 23.2 Å². The standard InChI is InChI=1S/C28H23Cl2N9O3S/c1-16-14-43-26(32-16)13-22(34-25(40)10-5-18-11-19(29)6-9-24(18)39-15-31-37-38-39)23-12-21(27(30)36-35-23)17-3-7-20(8-4-17)33-28(41)42-2/h3-12,14-15,22H,13H2,1-2H3,(H,33,41)(H,34,40)/b10-5+/t22-/m0/s1. The summed E-state index contributed by atoms with van der Waals surface area (Å²) in [7, 11) is 1.29. The molecule has 15 heteroatoms. The van der Waals surface area contributed by atoms with Crippen LogP contribution in [0.1, 0.15) is 28.0 Å². The highest BCUT2D eigenvalue weighted by Crippen LogP contribution is 2.30. The molecule has 1 atom stereocenters. The fourth-order valence-electron chi connectivity index (χ4n) is 4.09. The lowest BCUT2D eigenvalue weighted by Crippen LogP contribution is -2.29. The van der Waals surface area contributed by atoms with E-state index in [1.165, 1.54) is 35.5 Å². The van der Waals surface area contributed by atoms with E-state index in [2.05, 4.69) is 46.1 Å². The zero-order valence-electron chi connectivity index (χ0n) is 22.7. The lowest BCUT2D eigenvalue weighted by Gasteiger charge is -2.17. The number of thiazole rings is 1. The molecule has 5 rings (SSSR count). The lowest BCUT2D eigenvalue weighted by atomic mass is 10.0. The van der Waals surface area contributed by atoms with E-state index in [9.17, 15) is 9.59 Å². The van der Waals surface area contributed by atoms with Crippen molar-refractivity contribution in [3.05, 3.63) is 98.4 Å². The van der Waals surface area contributed by atoms with Crippen LogP contribution >= 0.6 is 34.5 Å². The zero-order chi connectivity index (χ0) is 30.3. The maximum absolute atomic E-state index is 13.2. The number of nitrogens with one attached hydrogen (secondary N) is 2. The molecule has 43 heavy (non-hydrogen) atoms. The molecule has 2 aromatic carbocycles. The van der Waals surface area contributed by atoms with E-state index >= 15 is 0 Å². The summed E-state index contributed by atoms with van der Waals surface area (Å²) in [5.74, 6) is -0.377. The number of anilines is 1. The average Bonchev–Trinajstić information content (AvgIpc) is 3.68. The number of amides is 2. The van der Waals surface area contributed by atoms with Crippen LogP contribution in [0.15, 0.2) is 66.3 Å². The van der Waals surface area contributed by atoms with E-state index in [0.29, 0.717) is 39.6 Å². The van der Waals surface area contributed by atoms with E-state index in [-0.39, 0.29) is 11.1 Å². The number of aryl methyl sites for hydroxylation is 1. The molecule has 0 aliphatic carbocycles. The van der Waals surface area contributed by atoms with Crippen LogP contribution in [0.3, 0.4) is 0 Å². The molecule has 0 saturated carbocycles. The number of tetrazole rings is 1. The fourth-order valence-corrected chi connectivity index (χ4v) is 5.29. The first-order valence-electron chi connectivity index (χ1n) is 12.7. The van der Waals surface area contributed by atoms with Gasteiger partial charge in [-0.3, -0.25) is 10.1 Å². The van der Waals surface area contributed by atoms with Crippen LogP contribution in [0.4, 0.5) is 10.5 Å². The number of ether oxygens (including phenoxy) is 1. The van der Waals surface area contributed by atoms with Crippen molar-refractivity contribution in [2.75, 3.05) is 12.4 Å². The first-order chi connectivity index (χ1) is 20.8. The van der Waals surface area contributed by atoms with E-state index in [0.717, 1.165) is 16.3 Å². The molecule has 5 aromatic rings. The van der Waals surface area contributed by atoms with Gasteiger partial charge in [-0.15, -0.1) is 21.5 Å². The number of aromatic nitrogens is 7. The smallest absolute Gasteiger partial charge is 0.411 e. The van der Waals surface area contributed by atoms with Gasteiger partial charge in [-0.25, -0.2) is 9.78 Å². The van der Waals surface area contributed by atoms with Crippen molar-refractivity contribution in [1.29, 1.82) is 0 Å². The van der Waals surface area contributed by atoms with Gasteiger partial charge in [0.2, 0.25) is 5.91 Å². The second kappa shape index (κ2) is 13.5. The van der Waals surface area contributed by atoms with Gasteiger partial charge in [0.05, 0.1) is 29.5 Å². The number of carbonyl (C=O) groups is 2. The second-order valence-corrected chi connectivity index (χ2v) is 10.8. The molecule has 12 nitrogen and oxygen atoms in total. The maximum Gasteiger partial charge on any atom is 0.411 e. The molecule has 2 N–H and O–H groups in total. The summed E-state index contributed by atoms with van der Waals surface area (Å²) >= 11 is 14.1. The number of benzene rings is 2. The highest BCUT2D eigenvalue weighted by molar-refractivity contribution is 7.09. The van der Waals surface area contributed by atoms with Gasteiger partial charge < -0.3 is 10.1 Å². The summed E-state index contributed by atoms with van der Waals surface area (Å²) in [6, 6.07) is 13.4. The van der Waals surface area contributed by atoms with Gasteiger partial charge in [0.15, 0.2) is 5.15 Å². The van der Waals surface area contributed by atoms with E-state index in [1.54, 1.807) is 54.6 Å². The molecule has 0 bridgehead atoms. The lowest BCUT2D eigenvalue weighted by molar-refractivity contribution is -0.117. The summed E-state index contributed by atoms with van der Waals surface area (Å²) in [6.07, 6.45) is 4.28. The molecule has 0 radical (unpaired) electrons. The molecule has 0 saturated heterocycles. The molecule has 0 spiro atoms. The number of rotatable bonds is 9. The molecule has 0 aliphatic heterocycles. The number of nitrogens with zero attached hydrogens (tertiary/aromatic N) is 7. The van der Waals surface area contributed by atoms with Gasteiger partial charge in [-0.05, 0) is 65.4 Å². The number of carbonyl (C=O) groups excluding carboxylic acids is 2. The van der Waals surface area contributed by atoms with Crippen LogP contribution < -0.4 is 10.6 Å². The summed E-state index contributed by atoms with van der Waals surface area (Å²) < 4.78 is 6.11. The Morgan fingerprint density at radius 3 is 2.63 bits per heavy atom. The third kappa shape index (κ3) is 7.57. The Balaban J connectivity index is 1.42. The van der Waals surface area contributed by atoms with Crippen LogP contribution in [-0.2, 0) is 16.0 Å². The van der Waals surface area contributed by atoms with Gasteiger partial charge in [0.1, 0.15) is 6.33 Å². The Kier molecular flexibility index (Phi) is 9.35. The first kappa shape index (κ1) is 29.8. The third-order valence-electron chi connectivity index (χ3n) is 6.11. The largest absolute Gasteiger partial charge is 0.453 e. The predicted molar refractivity (Wildman–Crippen MR) is 163 cm³/mol. The zero-order valence-corrected chi connectivity index (χ0v) is 25.1. The minimum atomic E-state index is -0.579. The minimum absolute atomic E-state index is 0.184. The second-order valence-electron chi connectivity index (χ2n) is 9.11. The van der Waals surface area contributed by atoms with Crippen LogP contribution in [0.5, 0.6) is 0 Å². The van der Waals surface area contributed by atoms with Gasteiger partial charge in [-0.2, -0.15) is 9.78 Å². The fraction of sp³-hybridized carbons (Fsp3) is 0.143. The first-order valence-corrected chi connectivity index (χ1v) is 14.3. The van der Waals surface area contributed by atoms with Gasteiger partial charge in [0.25, 0.3) is 0 Å². The molecular weight excluding hydrogens is 613 g/mol. The average molecular weight is 637 g/mol. The van der Waals surface area contributed by atoms with E-state index < -0.39 is 12.1 Å². The minimum Gasteiger partial charge on any atom is -0.453 e. The van der Waals surface area contributed by atoms with Crippen LogP contribution in [-0.4, -0.2) is 54.5 Å². The molecule has 3 aromatic heterocycles. The monoisotopic (exact) mass is 635 g/mol. The van der Waals surface area contributed by atoms with Crippen molar-refractivity contribution in [3.63, 3.8) is 0 Å². The topological polar surface area (TPSA) is 150 Å². The Morgan fingerprint density at radius 2 is 1.93 bits per heavy atom. The Labute approximate surface area is 259 Å². The van der Waals surface area contributed by atoms with Gasteiger partial charge in [0, 0.05) is 45.4 Å². The highest BCUT2D eigenvalue weighted by atomic mass is 35.5.